The highest BCUT2D eigenvalue weighted by molar-refractivity contribution is 5.96. The summed E-state index contributed by atoms with van der Waals surface area (Å²) in [5.41, 5.74) is 5.76. The van der Waals surface area contributed by atoms with Gasteiger partial charge in [0.05, 0.1) is 0 Å². The van der Waals surface area contributed by atoms with Crippen molar-refractivity contribution in [2.75, 3.05) is 24.6 Å². The van der Waals surface area contributed by atoms with E-state index >= 15 is 0 Å². The number of phenolic OH excluding ortho intramolecular Hbond substituents is 1. The fraction of sp³-hybridized carbons (Fsp3) is 0.250. The van der Waals surface area contributed by atoms with Crippen LogP contribution in [-0.2, 0) is 9.53 Å². The number of hydrogen-bond acceptors (Lipinski definition) is 6. The van der Waals surface area contributed by atoms with Gasteiger partial charge in [-0.2, -0.15) is 0 Å². The molecule has 2 aromatic carbocycles. The van der Waals surface area contributed by atoms with Crippen LogP contribution in [0.25, 0.3) is 0 Å². The van der Waals surface area contributed by atoms with Gasteiger partial charge in [-0.3, -0.25) is 20.4 Å². The first-order valence-electron chi connectivity index (χ1n) is 8.85. The molecule has 0 radical (unpaired) electrons. The van der Waals surface area contributed by atoms with E-state index < -0.39 is 24.4 Å². The van der Waals surface area contributed by atoms with Crippen molar-refractivity contribution in [1.82, 2.24) is 10.9 Å². The second-order valence-electron chi connectivity index (χ2n) is 5.81. The Bertz CT molecular complexity index is 832. The first-order chi connectivity index (χ1) is 13.5. The van der Waals surface area contributed by atoms with Gasteiger partial charge in [-0.25, -0.2) is 4.79 Å². The fourth-order valence-corrected chi connectivity index (χ4v) is 2.50. The van der Waals surface area contributed by atoms with Gasteiger partial charge in [-0.1, -0.05) is 12.1 Å². The van der Waals surface area contributed by atoms with E-state index in [0.717, 1.165) is 18.8 Å². The normalized spacial score (nSPS) is 10.1. The lowest BCUT2D eigenvalue weighted by molar-refractivity contribution is -0.125. The number of ether oxygens (including phenoxy) is 1. The third-order valence-electron chi connectivity index (χ3n) is 4.03. The number of nitrogens with one attached hydrogen (secondary N) is 2. The Kier molecular flexibility index (Phi) is 7.38. The molecule has 28 heavy (non-hydrogen) atoms. The third-order valence-corrected chi connectivity index (χ3v) is 4.03. The Hall–Kier alpha value is -3.55. The smallest absolute Gasteiger partial charge is 0.342 e. The fourth-order valence-electron chi connectivity index (χ4n) is 2.50. The number of rotatable bonds is 7. The van der Waals surface area contributed by atoms with E-state index in [2.05, 4.69) is 15.8 Å². The number of para-hydroxylation sites is 1. The lowest BCUT2D eigenvalue weighted by Gasteiger charge is -2.21. The number of benzene rings is 2. The van der Waals surface area contributed by atoms with Crippen molar-refractivity contribution in [3.63, 3.8) is 0 Å². The van der Waals surface area contributed by atoms with Crippen LogP contribution in [-0.4, -0.2) is 42.6 Å². The van der Waals surface area contributed by atoms with Gasteiger partial charge in [0.25, 0.3) is 11.8 Å². The molecule has 0 fully saturated rings. The van der Waals surface area contributed by atoms with E-state index in [9.17, 15) is 19.5 Å². The van der Waals surface area contributed by atoms with Crippen LogP contribution in [0.1, 0.15) is 34.6 Å². The van der Waals surface area contributed by atoms with Crippen molar-refractivity contribution >= 4 is 23.5 Å². The molecule has 0 saturated carbocycles. The Balaban J connectivity index is 1.81. The molecule has 0 saturated heterocycles. The second-order valence-corrected chi connectivity index (χ2v) is 5.81. The molecule has 0 heterocycles. The number of hydrogen-bond donors (Lipinski definition) is 3. The van der Waals surface area contributed by atoms with E-state index in [1.54, 1.807) is 24.3 Å². The highest BCUT2D eigenvalue weighted by atomic mass is 16.5. The van der Waals surface area contributed by atoms with Gasteiger partial charge >= 0.3 is 5.97 Å². The molecule has 2 amide bonds. The van der Waals surface area contributed by atoms with Crippen molar-refractivity contribution in [3.8, 4) is 5.75 Å². The molecule has 8 heteroatoms. The topological polar surface area (TPSA) is 108 Å². The first-order valence-corrected chi connectivity index (χ1v) is 8.85. The summed E-state index contributed by atoms with van der Waals surface area (Å²) in [7, 11) is 0. The van der Waals surface area contributed by atoms with E-state index in [1.165, 1.54) is 12.1 Å². The largest absolute Gasteiger partial charge is 0.507 e. The van der Waals surface area contributed by atoms with Crippen LogP contribution in [0.2, 0.25) is 0 Å². The summed E-state index contributed by atoms with van der Waals surface area (Å²) in [6.07, 6.45) is 0. The van der Waals surface area contributed by atoms with Crippen LogP contribution in [0.15, 0.2) is 48.5 Å². The molecule has 0 unspecified atom stereocenters. The standard InChI is InChI=1S/C20H23N3O5/c1-3-23(4-2)15-11-9-14(10-12-15)19(26)22-21-18(25)13-28-20(27)16-7-5-6-8-17(16)24/h5-12,24H,3-4,13H2,1-2H3,(H,21,25)(H,22,26). The number of anilines is 1. The molecule has 0 aliphatic carbocycles. The highest BCUT2D eigenvalue weighted by Gasteiger charge is 2.14. The van der Waals surface area contributed by atoms with Crippen LogP contribution in [0, 0.1) is 0 Å². The summed E-state index contributed by atoms with van der Waals surface area (Å²) >= 11 is 0. The minimum atomic E-state index is -0.841. The minimum absolute atomic E-state index is 0.0485. The van der Waals surface area contributed by atoms with Crippen LogP contribution in [0.5, 0.6) is 5.75 Å². The predicted molar refractivity (Wildman–Crippen MR) is 104 cm³/mol. The summed E-state index contributed by atoms with van der Waals surface area (Å²) in [5, 5.41) is 9.57. The van der Waals surface area contributed by atoms with E-state index in [0.29, 0.717) is 5.56 Å². The van der Waals surface area contributed by atoms with Crippen LogP contribution in [0.4, 0.5) is 5.69 Å². The summed E-state index contributed by atoms with van der Waals surface area (Å²) < 4.78 is 4.81. The molecule has 0 aromatic heterocycles. The summed E-state index contributed by atoms with van der Waals surface area (Å²) in [4.78, 5) is 37.8. The average Bonchev–Trinajstić information content (AvgIpc) is 2.72. The number of hydrazine groups is 1. The van der Waals surface area contributed by atoms with Gasteiger partial charge in [0.15, 0.2) is 6.61 Å². The number of esters is 1. The lowest BCUT2D eigenvalue weighted by atomic mass is 10.2. The molecule has 148 valence electrons. The summed E-state index contributed by atoms with van der Waals surface area (Å²) in [6.45, 7) is 5.21. The van der Waals surface area contributed by atoms with Gasteiger partial charge in [0.1, 0.15) is 11.3 Å². The Labute approximate surface area is 163 Å². The molecule has 3 N–H and O–H groups in total. The Morgan fingerprint density at radius 1 is 0.964 bits per heavy atom. The van der Waals surface area contributed by atoms with E-state index in [-0.39, 0.29) is 11.3 Å². The summed E-state index contributed by atoms with van der Waals surface area (Å²) in [6, 6.07) is 12.8. The zero-order chi connectivity index (χ0) is 20.5. The van der Waals surface area contributed by atoms with Gasteiger partial charge in [0.2, 0.25) is 0 Å². The highest BCUT2D eigenvalue weighted by Crippen LogP contribution is 2.16. The molecule has 0 bridgehead atoms. The maximum absolute atomic E-state index is 12.1. The zero-order valence-corrected chi connectivity index (χ0v) is 15.8. The number of amides is 2. The van der Waals surface area contributed by atoms with Crippen molar-refractivity contribution in [3.05, 3.63) is 59.7 Å². The molecule has 0 spiro atoms. The summed E-state index contributed by atoms with van der Waals surface area (Å²) in [5.74, 6) is -2.29. The molecule has 2 aromatic rings. The predicted octanol–water partition coefficient (Wildman–Crippen LogP) is 1.86. The number of nitrogens with zero attached hydrogens (tertiary/aromatic N) is 1. The molecular weight excluding hydrogens is 362 g/mol. The zero-order valence-electron chi connectivity index (χ0n) is 15.8. The van der Waals surface area contributed by atoms with Crippen LogP contribution < -0.4 is 15.8 Å². The number of carbonyl (C=O) groups is 3. The van der Waals surface area contributed by atoms with Gasteiger partial charge in [-0.15, -0.1) is 0 Å². The number of carbonyl (C=O) groups excluding carboxylic acids is 3. The first kappa shape index (κ1) is 20.8. The van der Waals surface area contributed by atoms with Crippen LogP contribution >= 0.6 is 0 Å². The molecule has 0 aliphatic rings. The van der Waals surface area contributed by atoms with Crippen molar-refractivity contribution in [2.24, 2.45) is 0 Å². The van der Waals surface area contributed by atoms with Crippen molar-refractivity contribution in [1.29, 1.82) is 0 Å². The SMILES string of the molecule is CCN(CC)c1ccc(C(=O)NNC(=O)COC(=O)c2ccccc2O)cc1. The van der Waals surface area contributed by atoms with Crippen molar-refractivity contribution < 1.29 is 24.2 Å². The van der Waals surface area contributed by atoms with E-state index in [1.807, 2.05) is 26.0 Å². The Morgan fingerprint density at radius 2 is 1.61 bits per heavy atom. The maximum atomic E-state index is 12.1. The number of aromatic hydroxyl groups is 1. The third kappa shape index (κ3) is 5.47. The average molecular weight is 385 g/mol. The second kappa shape index (κ2) is 9.96. The molecule has 2 rings (SSSR count). The molecule has 8 nitrogen and oxygen atoms in total. The van der Waals surface area contributed by atoms with Gasteiger partial charge in [0, 0.05) is 24.3 Å². The molecule has 0 atom stereocenters. The molecular formula is C20H23N3O5. The molecule has 0 aliphatic heterocycles. The maximum Gasteiger partial charge on any atom is 0.342 e. The van der Waals surface area contributed by atoms with Gasteiger partial charge in [-0.05, 0) is 50.2 Å². The number of phenols is 1. The lowest BCUT2D eigenvalue weighted by Crippen LogP contribution is -2.43. The quantitative estimate of drug-likeness (QED) is 0.496. The minimum Gasteiger partial charge on any atom is -0.507 e. The Morgan fingerprint density at radius 3 is 2.21 bits per heavy atom. The monoisotopic (exact) mass is 385 g/mol. The van der Waals surface area contributed by atoms with Crippen molar-refractivity contribution in [2.45, 2.75) is 13.8 Å². The van der Waals surface area contributed by atoms with E-state index in [4.69, 9.17) is 4.74 Å². The van der Waals surface area contributed by atoms with Crippen LogP contribution in [0.3, 0.4) is 0 Å². The van der Waals surface area contributed by atoms with Gasteiger partial charge < -0.3 is 14.7 Å².